The molecule has 2 heterocycles. The Labute approximate surface area is 134 Å². The molecule has 0 bridgehead atoms. The third kappa shape index (κ3) is 2.83. The lowest BCUT2D eigenvalue weighted by atomic mass is 10.3. The molecule has 0 saturated carbocycles. The number of amides is 1. The van der Waals surface area contributed by atoms with Gasteiger partial charge >= 0.3 is 5.97 Å². The van der Waals surface area contributed by atoms with Gasteiger partial charge in [0.1, 0.15) is 10.9 Å². The van der Waals surface area contributed by atoms with Crippen molar-refractivity contribution < 1.29 is 14.7 Å². The number of fused-ring (bicyclic) bond motifs is 1. The van der Waals surface area contributed by atoms with E-state index in [0.29, 0.717) is 10.6 Å². The number of nitrogens with zero attached hydrogens (tertiary/aromatic N) is 3. The molecule has 6 nitrogen and oxygen atoms in total. The molecule has 0 unspecified atom stereocenters. The van der Waals surface area contributed by atoms with Crippen molar-refractivity contribution in [2.75, 3.05) is 6.54 Å². The Bertz CT molecular complexity index is 835. The Morgan fingerprint density at radius 3 is 2.82 bits per heavy atom. The molecular weight excluding hydrogens is 322 g/mol. The third-order valence-corrected chi connectivity index (χ3v) is 4.29. The van der Waals surface area contributed by atoms with E-state index in [4.69, 9.17) is 17.3 Å². The van der Waals surface area contributed by atoms with Gasteiger partial charge in [-0.15, -0.1) is 0 Å². The van der Waals surface area contributed by atoms with E-state index in [1.165, 1.54) is 0 Å². The Morgan fingerprint density at radius 2 is 2.09 bits per heavy atom. The van der Waals surface area contributed by atoms with E-state index in [2.05, 4.69) is 9.97 Å². The molecule has 1 aromatic carbocycles. The van der Waals surface area contributed by atoms with E-state index in [9.17, 15) is 9.59 Å². The number of rotatable bonds is 3. The van der Waals surface area contributed by atoms with Crippen LogP contribution in [-0.2, 0) is 9.59 Å². The number of carboxylic acid groups (broad SMARTS) is 1. The average Bonchev–Trinajstić information content (AvgIpc) is 2.74. The summed E-state index contributed by atoms with van der Waals surface area (Å²) in [7, 11) is 0. The van der Waals surface area contributed by atoms with Crippen LogP contribution in [0, 0.1) is 0 Å². The van der Waals surface area contributed by atoms with Crippen LogP contribution in [0.4, 0.5) is 0 Å². The second kappa shape index (κ2) is 5.82. The van der Waals surface area contributed by atoms with Crippen LogP contribution in [0.1, 0.15) is 5.69 Å². The predicted octanol–water partition coefficient (Wildman–Crippen LogP) is 1.92. The highest BCUT2D eigenvalue weighted by atomic mass is 32.2. The van der Waals surface area contributed by atoms with Crippen molar-refractivity contribution in [2.45, 2.75) is 0 Å². The van der Waals surface area contributed by atoms with Crippen LogP contribution in [0.3, 0.4) is 0 Å². The van der Waals surface area contributed by atoms with Crippen molar-refractivity contribution in [1.82, 2.24) is 14.9 Å². The molecule has 1 aromatic heterocycles. The number of benzene rings is 1. The summed E-state index contributed by atoms with van der Waals surface area (Å²) in [6, 6.07) is 7.40. The number of aliphatic carboxylic acids is 1. The van der Waals surface area contributed by atoms with E-state index in [1.54, 1.807) is 12.3 Å². The topological polar surface area (TPSA) is 83.4 Å². The molecule has 1 amide bonds. The molecule has 8 heteroatoms. The molecule has 0 aliphatic carbocycles. The van der Waals surface area contributed by atoms with Gasteiger partial charge in [0.15, 0.2) is 0 Å². The summed E-state index contributed by atoms with van der Waals surface area (Å²) < 4.78 is 0.229. The fraction of sp³-hybridized carbons (Fsp3) is 0.0714. The Morgan fingerprint density at radius 1 is 1.36 bits per heavy atom. The maximum Gasteiger partial charge on any atom is 0.323 e. The Hall–Kier alpha value is -2.32. The molecule has 0 radical (unpaired) electrons. The average molecular weight is 331 g/mol. The molecule has 1 aliphatic rings. The van der Waals surface area contributed by atoms with Gasteiger partial charge in [0.25, 0.3) is 5.91 Å². The molecular formula is C14H9N3O3S2. The van der Waals surface area contributed by atoms with Gasteiger partial charge in [-0.2, -0.15) is 0 Å². The van der Waals surface area contributed by atoms with Crippen molar-refractivity contribution in [3.05, 3.63) is 41.1 Å². The van der Waals surface area contributed by atoms with Crippen molar-refractivity contribution in [3.8, 4) is 0 Å². The van der Waals surface area contributed by atoms with E-state index >= 15 is 0 Å². The van der Waals surface area contributed by atoms with Gasteiger partial charge in [-0.1, -0.05) is 36.1 Å². The van der Waals surface area contributed by atoms with Gasteiger partial charge in [-0.05, 0) is 18.2 Å². The summed E-state index contributed by atoms with van der Waals surface area (Å²) in [6.07, 6.45) is 3.13. The van der Waals surface area contributed by atoms with Crippen molar-refractivity contribution in [1.29, 1.82) is 0 Å². The van der Waals surface area contributed by atoms with Gasteiger partial charge in [-0.25, -0.2) is 4.98 Å². The molecule has 1 aliphatic heterocycles. The smallest absolute Gasteiger partial charge is 0.323 e. The lowest BCUT2D eigenvalue weighted by Crippen LogP contribution is -2.33. The van der Waals surface area contributed by atoms with Crippen LogP contribution in [-0.4, -0.2) is 42.7 Å². The van der Waals surface area contributed by atoms with Crippen molar-refractivity contribution >= 4 is 57.3 Å². The Kier molecular flexibility index (Phi) is 3.86. The molecule has 1 saturated heterocycles. The predicted molar refractivity (Wildman–Crippen MR) is 87.1 cm³/mol. The number of hydrogen-bond donors (Lipinski definition) is 1. The largest absolute Gasteiger partial charge is 0.480 e. The molecule has 2 aromatic rings. The van der Waals surface area contributed by atoms with Gasteiger partial charge in [0.05, 0.1) is 27.8 Å². The second-order valence-electron chi connectivity index (χ2n) is 4.45. The van der Waals surface area contributed by atoms with Crippen LogP contribution >= 0.6 is 24.0 Å². The maximum atomic E-state index is 12.2. The summed E-state index contributed by atoms with van der Waals surface area (Å²) in [5.41, 5.74) is 2.00. The zero-order valence-corrected chi connectivity index (χ0v) is 12.7. The second-order valence-corrected chi connectivity index (χ2v) is 6.12. The number of carbonyl (C=O) groups is 2. The first-order chi connectivity index (χ1) is 10.5. The van der Waals surface area contributed by atoms with E-state index in [0.717, 1.165) is 27.7 Å². The van der Waals surface area contributed by atoms with Gasteiger partial charge in [0.2, 0.25) is 0 Å². The molecule has 1 N–H and O–H groups in total. The molecule has 0 spiro atoms. The Balaban J connectivity index is 1.92. The first-order valence-electron chi connectivity index (χ1n) is 6.23. The number of thiocarbonyl (C=S) groups is 1. The lowest BCUT2D eigenvalue weighted by Gasteiger charge is -2.10. The summed E-state index contributed by atoms with van der Waals surface area (Å²) in [5, 5.41) is 8.80. The number of aromatic nitrogens is 2. The highest BCUT2D eigenvalue weighted by molar-refractivity contribution is 8.26. The number of hydrogen-bond acceptors (Lipinski definition) is 6. The standard InChI is InChI=1S/C14H9N3O3S2/c18-12(19)7-17-13(20)11(22-14(17)21)5-8-6-15-9-3-1-2-4-10(9)16-8/h1-6H,7H2,(H,18,19)/b11-5-. The summed E-state index contributed by atoms with van der Waals surface area (Å²) in [6.45, 7) is -0.439. The summed E-state index contributed by atoms with van der Waals surface area (Å²) in [5.74, 6) is -1.53. The molecule has 22 heavy (non-hydrogen) atoms. The normalized spacial score (nSPS) is 16.7. The SMILES string of the molecule is O=C(O)CN1C(=O)/C(=C/c2cnc3ccccc3n2)SC1=S. The monoisotopic (exact) mass is 331 g/mol. The minimum Gasteiger partial charge on any atom is -0.480 e. The van der Waals surface area contributed by atoms with Crippen LogP contribution in [0.5, 0.6) is 0 Å². The number of carbonyl (C=O) groups excluding carboxylic acids is 1. The van der Waals surface area contributed by atoms with Crippen LogP contribution in [0.2, 0.25) is 0 Å². The quantitative estimate of drug-likeness (QED) is 0.679. The summed E-state index contributed by atoms with van der Waals surface area (Å²) >= 11 is 6.10. The van der Waals surface area contributed by atoms with Crippen LogP contribution in [0.15, 0.2) is 35.4 Å². The van der Waals surface area contributed by atoms with E-state index in [1.807, 2.05) is 24.3 Å². The van der Waals surface area contributed by atoms with Gasteiger partial charge in [0, 0.05) is 0 Å². The highest BCUT2D eigenvalue weighted by Crippen LogP contribution is 2.32. The zero-order chi connectivity index (χ0) is 15.7. The highest BCUT2D eigenvalue weighted by Gasteiger charge is 2.33. The molecule has 0 atom stereocenters. The molecule has 3 rings (SSSR count). The maximum absolute atomic E-state index is 12.2. The first kappa shape index (κ1) is 14.6. The van der Waals surface area contributed by atoms with E-state index < -0.39 is 18.4 Å². The third-order valence-electron chi connectivity index (χ3n) is 2.91. The zero-order valence-electron chi connectivity index (χ0n) is 11.1. The minimum atomic E-state index is -1.11. The minimum absolute atomic E-state index is 0.229. The molecule has 1 fully saturated rings. The first-order valence-corrected chi connectivity index (χ1v) is 7.46. The summed E-state index contributed by atoms with van der Waals surface area (Å²) in [4.78, 5) is 33.0. The van der Waals surface area contributed by atoms with Crippen molar-refractivity contribution in [3.63, 3.8) is 0 Å². The fourth-order valence-electron chi connectivity index (χ4n) is 1.95. The number of carboxylic acids is 1. The lowest BCUT2D eigenvalue weighted by molar-refractivity contribution is -0.140. The molecule has 110 valence electrons. The number of para-hydroxylation sites is 2. The van der Waals surface area contributed by atoms with Crippen LogP contribution < -0.4 is 0 Å². The fourth-order valence-corrected chi connectivity index (χ4v) is 3.19. The van der Waals surface area contributed by atoms with Gasteiger partial charge in [-0.3, -0.25) is 19.5 Å². The van der Waals surface area contributed by atoms with Crippen LogP contribution in [0.25, 0.3) is 17.1 Å². The van der Waals surface area contributed by atoms with Gasteiger partial charge < -0.3 is 5.11 Å². The van der Waals surface area contributed by atoms with E-state index in [-0.39, 0.29) is 4.32 Å². The number of thioether (sulfide) groups is 1. The van der Waals surface area contributed by atoms with Crippen molar-refractivity contribution in [2.24, 2.45) is 0 Å².